The van der Waals surface area contributed by atoms with E-state index in [1.165, 1.54) is 5.56 Å². The van der Waals surface area contributed by atoms with E-state index in [9.17, 15) is 4.79 Å². The summed E-state index contributed by atoms with van der Waals surface area (Å²) in [5.41, 5.74) is 2.51. The number of ether oxygens (including phenoxy) is 2. The van der Waals surface area contributed by atoms with Crippen molar-refractivity contribution in [2.45, 2.75) is 26.0 Å². The van der Waals surface area contributed by atoms with E-state index in [2.05, 4.69) is 36.4 Å². The van der Waals surface area contributed by atoms with E-state index in [4.69, 9.17) is 14.5 Å². The molecule has 1 heterocycles. The monoisotopic (exact) mass is 428 g/mol. The molecule has 1 aromatic heterocycles. The second-order valence-corrected chi connectivity index (χ2v) is 7.85. The second-order valence-electron chi connectivity index (χ2n) is 7.85. The highest BCUT2D eigenvalue weighted by Gasteiger charge is 2.16. The van der Waals surface area contributed by atoms with Crippen molar-refractivity contribution in [3.8, 4) is 17.1 Å². The maximum Gasteiger partial charge on any atom is 0.254 e. The topological polar surface area (TPSA) is 53.4 Å². The fourth-order valence-electron chi connectivity index (χ4n) is 3.81. The van der Waals surface area contributed by atoms with Gasteiger partial charge in [0.1, 0.15) is 11.6 Å². The molecule has 1 unspecified atom stereocenters. The molecule has 0 saturated carbocycles. The van der Waals surface area contributed by atoms with Gasteiger partial charge in [0, 0.05) is 25.6 Å². The maximum absolute atomic E-state index is 13.1. The fraction of sp³-hybridized carbons (Fsp3) is 0.259. The Bertz CT molecular complexity index is 1150. The van der Waals surface area contributed by atoms with Crippen LogP contribution >= 0.6 is 0 Å². The zero-order chi connectivity index (χ0) is 22.2. The molecule has 4 rings (SSSR count). The summed E-state index contributed by atoms with van der Waals surface area (Å²) < 4.78 is 13.2. The minimum absolute atomic E-state index is 0.0897. The highest BCUT2D eigenvalue weighted by Crippen LogP contribution is 2.29. The second kappa shape index (κ2) is 10.7. The summed E-state index contributed by atoms with van der Waals surface area (Å²) >= 11 is 0. The quantitative estimate of drug-likeness (QED) is 0.491. The van der Waals surface area contributed by atoms with Crippen molar-refractivity contribution in [1.29, 1.82) is 0 Å². The third-order valence-electron chi connectivity index (χ3n) is 5.47. The molecule has 1 atom stereocenters. The largest absolute Gasteiger partial charge is 0.492 e. The van der Waals surface area contributed by atoms with E-state index < -0.39 is 0 Å². The minimum Gasteiger partial charge on any atom is -0.492 e. The van der Waals surface area contributed by atoms with Gasteiger partial charge in [-0.1, -0.05) is 66.8 Å². The average Bonchev–Trinajstić information content (AvgIpc) is 2.83. The van der Waals surface area contributed by atoms with Crippen molar-refractivity contribution in [3.05, 3.63) is 107 Å². The van der Waals surface area contributed by atoms with Crippen molar-refractivity contribution < 1.29 is 9.47 Å². The van der Waals surface area contributed by atoms with Gasteiger partial charge in [-0.25, -0.2) is 4.98 Å². The lowest BCUT2D eigenvalue weighted by atomic mass is 10.0. The van der Waals surface area contributed by atoms with E-state index in [1.807, 2.05) is 42.5 Å². The van der Waals surface area contributed by atoms with E-state index in [-0.39, 0.29) is 12.2 Å². The van der Waals surface area contributed by atoms with Gasteiger partial charge in [-0.3, -0.25) is 9.36 Å². The smallest absolute Gasteiger partial charge is 0.254 e. The summed E-state index contributed by atoms with van der Waals surface area (Å²) in [5, 5.41) is 0. The third kappa shape index (κ3) is 5.42. The molecular formula is C27H28N2O3. The Balaban J connectivity index is 1.67. The Morgan fingerprint density at radius 1 is 1.06 bits per heavy atom. The summed E-state index contributed by atoms with van der Waals surface area (Å²) in [6, 6.07) is 19.5. The van der Waals surface area contributed by atoms with Crippen LogP contribution in [0.1, 0.15) is 17.7 Å². The molecule has 0 N–H and O–H groups in total. The van der Waals surface area contributed by atoms with Gasteiger partial charge in [0.15, 0.2) is 0 Å². The molecule has 5 heteroatoms. The molecule has 0 saturated heterocycles. The fourth-order valence-corrected chi connectivity index (χ4v) is 3.81. The maximum atomic E-state index is 13.1. The van der Waals surface area contributed by atoms with Crippen molar-refractivity contribution in [1.82, 2.24) is 9.55 Å². The molecule has 0 spiro atoms. The molecule has 1 aliphatic rings. The first-order chi connectivity index (χ1) is 15.7. The first-order valence-electron chi connectivity index (χ1n) is 10.9. The van der Waals surface area contributed by atoms with E-state index in [0.717, 1.165) is 24.2 Å². The molecule has 0 amide bonds. The molecule has 164 valence electrons. The number of allylic oxidation sites excluding steroid dienone is 3. The van der Waals surface area contributed by atoms with Crippen LogP contribution in [-0.2, 0) is 24.3 Å². The molecule has 2 aromatic carbocycles. The molecular weight excluding hydrogens is 400 g/mol. The van der Waals surface area contributed by atoms with Gasteiger partial charge in [-0.2, -0.15) is 0 Å². The minimum atomic E-state index is -0.0897. The van der Waals surface area contributed by atoms with Crippen LogP contribution in [0.5, 0.6) is 5.75 Å². The van der Waals surface area contributed by atoms with Crippen molar-refractivity contribution in [3.63, 3.8) is 0 Å². The first kappa shape index (κ1) is 21.8. The Morgan fingerprint density at radius 2 is 1.88 bits per heavy atom. The summed E-state index contributed by atoms with van der Waals surface area (Å²) in [6.45, 7) is 1.39. The summed E-state index contributed by atoms with van der Waals surface area (Å²) in [4.78, 5) is 17.9. The van der Waals surface area contributed by atoms with Crippen LogP contribution in [0.4, 0.5) is 0 Å². The highest BCUT2D eigenvalue weighted by molar-refractivity contribution is 5.64. The van der Waals surface area contributed by atoms with Crippen LogP contribution in [0, 0.1) is 5.92 Å². The number of aryl methyl sites for hydroxylation is 1. The molecule has 1 aliphatic carbocycles. The average molecular weight is 429 g/mol. The van der Waals surface area contributed by atoms with Crippen LogP contribution < -0.4 is 10.3 Å². The zero-order valence-corrected chi connectivity index (χ0v) is 18.3. The predicted molar refractivity (Wildman–Crippen MR) is 127 cm³/mol. The highest BCUT2D eigenvalue weighted by atomic mass is 16.5. The lowest BCUT2D eigenvalue weighted by molar-refractivity contribution is 0.181. The van der Waals surface area contributed by atoms with Gasteiger partial charge in [-0.05, 0) is 30.5 Å². The Morgan fingerprint density at radius 3 is 2.66 bits per heavy atom. The van der Waals surface area contributed by atoms with Gasteiger partial charge in [0.2, 0.25) is 0 Å². The number of para-hydroxylation sites is 1. The summed E-state index contributed by atoms with van der Waals surface area (Å²) in [5.74, 6) is 1.67. The normalized spacial score (nSPS) is 15.1. The van der Waals surface area contributed by atoms with Crippen LogP contribution in [0.2, 0.25) is 0 Å². The molecule has 32 heavy (non-hydrogen) atoms. The van der Waals surface area contributed by atoms with Gasteiger partial charge in [0.05, 0.1) is 24.5 Å². The van der Waals surface area contributed by atoms with Gasteiger partial charge in [-0.15, -0.1) is 0 Å². The van der Waals surface area contributed by atoms with Crippen LogP contribution in [0.15, 0.2) is 89.8 Å². The number of aromatic nitrogens is 2. The first-order valence-corrected chi connectivity index (χ1v) is 10.9. The lowest BCUT2D eigenvalue weighted by Crippen LogP contribution is -2.25. The molecule has 0 bridgehead atoms. The molecule has 0 fully saturated rings. The standard InChI is InChI=1S/C27H28N2O3/c1-31-20-23-18-26(30)29(17-16-21-10-4-2-5-11-21)27(28-23)24-14-8-9-15-25(24)32-19-22-12-6-3-7-13-22/h2-12,14-15,18,22H,13,16-17,19-20H2,1H3. The Hall–Kier alpha value is -3.44. The van der Waals surface area contributed by atoms with Crippen LogP contribution in [-0.4, -0.2) is 23.3 Å². The zero-order valence-electron chi connectivity index (χ0n) is 18.3. The number of benzene rings is 2. The van der Waals surface area contributed by atoms with Crippen molar-refractivity contribution >= 4 is 0 Å². The van der Waals surface area contributed by atoms with Crippen molar-refractivity contribution in [2.75, 3.05) is 13.7 Å². The van der Waals surface area contributed by atoms with Gasteiger partial charge in [0.25, 0.3) is 5.56 Å². The van der Waals surface area contributed by atoms with Gasteiger partial charge < -0.3 is 9.47 Å². The number of nitrogens with zero attached hydrogens (tertiary/aromatic N) is 2. The molecule has 5 nitrogen and oxygen atoms in total. The number of methoxy groups -OCH3 is 1. The Labute approximate surface area is 188 Å². The summed E-state index contributed by atoms with van der Waals surface area (Å²) in [7, 11) is 1.60. The van der Waals surface area contributed by atoms with Crippen LogP contribution in [0.3, 0.4) is 0 Å². The molecule has 0 radical (unpaired) electrons. The van der Waals surface area contributed by atoms with E-state index in [1.54, 1.807) is 17.7 Å². The lowest BCUT2D eigenvalue weighted by Gasteiger charge is -2.19. The van der Waals surface area contributed by atoms with E-state index >= 15 is 0 Å². The summed E-state index contributed by atoms with van der Waals surface area (Å²) in [6.07, 6.45) is 10.1. The number of rotatable bonds is 9. The molecule has 3 aromatic rings. The van der Waals surface area contributed by atoms with Gasteiger partial charge >= 0.3 is 0 Å². The predicted octanol–water partition coefficient (Wildman–Crippen LogP) is 4.81. The van der Waals surface area contributed by atoms with Crippen molar-refractivity contribution in [2.24, 2.45) is 5.92 Å². The number of hydrogen-bond acceptors (Lipinski definition) is 4. The SMILES string of the molecule is COCc1cc(=O)n(CCc2ccccc2)c(-c2ccccc2OCC2C=CC=CC2)n1. The van der Waals surface area contributed by atoms with Crippen LogP contribution in [0.25, 0.3) is 11.4 Å². The number of hydrogen-bond donors (Lipinski definition) is 0. The Kier molecular flexibility index (Phi) is 7.31. The third-order valence-corrected chi connectivity index (χ3v) is 5.47. The van der Waals surface area contributed by atoms with E-state index in [0.29, 0.717) is 30.6 Å². The molecule has 0 aliphatic heterocycles.